The third-order valence-electron chi connectivity index (χ3n) is 5.23. The van der Waals surface area contributed by atoms with Crippen LogP contribution < -0.4 is 5.32 Å². The Bertz CT molecular complexity index is 902. The van der Waals surface area contributed by atoms with Crippen LogP contribution in [0.1, 0.15) is 46.5 Å². The van der Waals surface area contributed by atoms with E-state index >= 15 is 0 Å². The predicted molar refractivity (Wildman–Crippen MR) is 118 cm³/mol. The summed E-state index contributed by atoms with van der Waals surface area (Å²) in [6, 6.07) is 7.95. The quantitative estimate of drug-likeness (QED) is 0.667. The highest BCUT2D eigenvalue weighted by atomic mass is 79.9. The van der Waals surface area contributed by atoms with Gasteiger partial charge in [0.05, 0.1) is 0 Å². The largest absolute Gasteiger partial charge is 0.444 e. The molecule has 6 nitrogen and oxygen atoms in total. The summed E-state index contributed by atoms with van der Waals surface area (Å²) in [7, 11) is 1.77. The molecule has 0 atom stereocenters. The zero-order chi connectivity index (χ0) is 21.2. The number of fused-ring (bicyclic) bond motifs is 1. The second-order valence-electron chi connectivity index (χ2n) is 8.65. The number of rotatable bonds is 3. The van der Waals surface area contributed by atoms with Crippen LogP contribution in [0.3, 0.4) is 0 Å². The molecule has 2 amide bonds. The highest BCUT2D eigenvalue weighted by Crippen LogP contribution is 2.29. The minimum absolute atomic E-state index is 0.00906. The van der Waals surface area contributed by atoms with Gasteiger partial charge in [-0.3, -0.25) is 4.79 Å². The molecule has 1 saturated carbocycles. The lowest BCUT2D eigenvalue weighted by Gasteiger charge is -2.35. The summed E-state index contributed by atoms with van der Waals surface area (Å²) in [5, 5.41) is 5.00. The number of amides is 2. The molecular formula is C22H28BrN3O3. The maximum atomic E-state index is 12.7. The Labute approximate surface area is 180 Å². The summed E-state index contributed by atoms with van der Waals surface area (Å²) in [5.41, 5.74) is -0.509. The summed E-state index contributed by atoms with van der Waals surface area (Å²) < 4.78 is 6.43. The average molecular weight is 462 g/mol. The molecule has 2 aromatic rings. The molecule has 0 unspecified atom stereocenters. The van der Waals surface area contributed by atoms with E-state index in [1.807, 2.05) is 45.0 Å². The van der Waals surface area contributed by atoms with Gasteiger partial charge in [0, 0.05) is 35.1 Å². The molecule has 1 aliphatic carbocycles. The van der Waals surface area contributed by atoms with Crippen LogP contribution in [0.2, 0.25) is 0 Å². The second kappa shape index (κ2) is 8.69. The van der Waals surface area contributed by atoms with E-state index in [1.54, 1.807) is 18.1 Å². The van der Waals surface area contributed by atoms with Crippen LogP contribution >= 0.6 is 15.9 Å². The average Bonchev–Trinajstić information content (AvgIpc) is 2.65. The van der Waals surface area contributed by atoms with Crippen molar-refractivity contribution in [3.63, 3.8) is 0 Å². The smallest absolute Gasteiger partial charge is 0.410 e. The number of pyridine rings is 1. The number of hydrogen-bond donors (Lipinski definition) is 1. The van der Waals surface area contributed by atoms with Gasteiger partial charge in [-0.25, -0.2) is 9.78 Å². The van der Waals surface area contributed by atoms with E-state index < -0.39 is 5.60 Å². The van der Waals surface area contributed by atoms with Crippen LogP contribution in [-0.2, 0) is 9.53 Å². The van der Waals surface area contributed by atoms with Gasteiger partial charge in [-0.05, 0) is 70.0 Å². The number of carbonyl (C=O) groups excluding carboxylic acids is 2. The molecule has 0 spiro atoms. The molecule has 29 heavy (non-hydrogen) atoms. The van der Waals surface area contributed by atoms with Gasteiger partial charge >= 0.3 is 6.09 Å². The van der Waals surface area contributed by atoms with Crippen LogP contribution in [-0.4, -0.2) is 40.6 Å². The molecule has 0 bridgehead atoms. The Kier molecular flexibility index (Phi) is 6.46. The van der Waals surface area contributed by atoms with Gasteiger partial charge in [0.2, 0.25) is 5.91 Å². The Hall–Kier alpha value is -2.15. The number of anilines is 1. The highest BCUT2D eigenvalue weighted by molar-refractivity contribution is 9.10. The standard InChI is InChI=1S/C22H28BrN3O3/c1-22(2,3)29-21(28)26(4)18-9-6-14(7-10-18)20(27)25-19-12-16-11-17(23)8-5-15(16)13-24-19/h5,8,11-14,18H,6-7,9-10H2,1-4H3,(H,24,25,27). The third kappa shape index (κ3) is 5.69. The molecular weight excluding hydrogens is 434 g/mol. The normalized spacial score (nSPS) is 19.6. The first kappa shape index (κ1) is 21.6. The van der Waals surface area contributed by atoms with Crippen molar-refractivity contribution in [1.82, 2.24) is 9.88 Å². The van der Waals surface area contributed by atoms with E-state index in [4.69, 9.17) is 4.74 Å². The molecule has 3 rings (SSSR count). The van der Waals surface area contributed by atoms with Crippen molar-refractivity contribution in [2.45, 2.75) is 58.1 Å². The van der Waals surface area contributed by atoms with E-state index in [0.717, 1.165) is 40.9 Å². The summed E-state index contributed by atoms with van der Waals surface area (Å²) in [5.74, 6) is 0.483. The SMILES string of the molecule is CN(C(=O)OC(C)(C)C)C1CCC(C(=O)Nc2cc3cc(Br)ccc3cn2)CC1. The van der Waals surface area contributed by atoms with Gasteiger partial charge in [0.15, 0.2) is 0 Å². The zero-order valence-corrected chi connectivity index (χ0v) is 19.0. The van der Waals surface area contributed by atoms with Gasteiger partial charge < -0.3 is 15.0 Å². The van der Waals surface area contributed by atoms with E-state index in [2.05, 4.69) is 26.2 Å². The number of benzene rings is 1. The minimum atomic E-state index is -0.509. The first-order valence-corrected chi connectivity index (χ1v) is 10.7. The van der Waals surface area contributed by atoms with Crippen molar-refractivity contribution in [1.29, 1.82) is 0 Å². The lowest BCUT2D eigenvalue weighted by molar-refractivity contribution is -0.121. The fraction of sp³-hybridized carbons (Fsp3) is 0.500. The van der Waals surface area contributed by atoms with Crippen LogP contribution in [0.5, 0.6) is 0 Å². The van der Waals surface area contributed by atoms with Gasteiger partial charge in [0.25, 0.3) is 0 Å². The first-order chi connectivity index (χ1) is 13.6. The molecule has 1 aliphatic rings. The number of carbonyl (C=O) groups is 2. The van der Waals surface area contributed by atoms with Crippen LogP contribution in [0.15, 0.2) is 34.9 Å². The fourth-order valence-corrected chi connectivity index (χ4v) is 4.00. The molecule has 7 heteroatoms. The van der Waals surface area contributed by atoms with Crippen molar-refractivity contribution >= 4 is 44.5 Å². The summed E-state index contributed by atoms with van der Waals surface area (Å²) in [4.78, 5) is 31.0. The lowest BCUT2D eigenvalue weighted by atomic mass is 9.85. The summed E-state index contributed by atoms with van der Waals surface area (Å²) in [6.45, 7) is 5.58. The molecule has 1 heterocycles. The molecule has 1 aromatic carbocycles. The zero-order valence-electron chi connectivity index (χ0n) is 17.4. The number of nitrogens with one attached hydrogen (secondary N) is 1. The summed E-state index contributed by atoms with van der Waals surface area (Å²) >= 11 is 3.47. The maximum absolute atomic E-state index is 12.7. The number of aromatic nitrogens is 1. The van der Waals surface area contributed by atoms with Gasteiger partial charge in [-0.1, -0.05) is 22.0 Å². The number of nitrogens with zero attached hydrogens (tertiary/aromatic N) is 2. The van der Waals surface area contributed by atoms with Crippen LogP contribution in [0, 0.1) is 5.92 Å². The Morgan fingerprint density at radius 2 is 1.83 bits per heavy atom. The Balaban J connectivity index is 1.55. The first-order valence-electron chi connectivity index (χ1n) is 9.94. The highest BCUT2D eigenvalue weighted by Gasteiger charge is 2.31. The molecule has 0 saturated heterocycles. The van der Waals surface area contributed by atoms with E-state index in [1.165, 1.54) is 0 Å². The van der Waals surface area contributed by atoms with Crippen molar-refractivity contribution in [3.05, 3.63) is 34.9 Å². The molecule has 156 valence electrons. The maximum Gasteiger partial charge on any atom is 0.410 e. The minimum Gasteiger partial charge on any atom is -0.444 e. The molecule has 0 radical (unpaired) electrons. The monoisotopic (exact) mass is 461 g/mol. The predicted octanol–water partition coefficient (Wildman–Crippen LogP) is 5.36. The van der Waals surface area contributed by atoms with Crippen molar-refractivity contribution in [2.24, 2.45) is 5.92 Å². The van der Waals surface area contributed by atoms with Gasteiger partial charge in [-0.15, -0.1) is 0 Å². The number of hydrogen-bond acceptors (Lipinski definition) is 4. The van der Waals surface area contributed by atoms with E-state index in [-0.39, 0.29) is 24.0 Å². The topological polar surface area (TPSA) is 71.5 Å². The molecule has 0 aliphatic heterocycles. The number of ether oxygens (including phenoxy) is 1. The van der Waals surface area contributed by atoms with Gasteiger partial charge in [0.1, 0.15) is 11.4 Å². The van der Waals surface area contributed by atoms with E-state index in [0.29, 0.717) is 5.82 Å². The van der Waals surface area contributed by atoms with Crippen molar-refractivity contribution in [2.75, 3.05) is 12.4 Å². The Morgan fingerprint density at radius 1 is 1.14 bits per heavy atom. The third-order valence-corrected chi connectivity index (χ3v) is 5.72. The molecule has 1 fully saturated rings. The summed E-state index contributed by atoms with van der Waals surface area (Å²) in [6.07, 6.45) is 4.50. The van der Waals surface area contributed by atoms with Gasteiger partial charge in [-0.2, -0.15) is 0 Å². The molecule has 1 aromatic heterocycles. The lowest BCUT2D eigenvalue weighted by Crippen LogP contribution is -2.43. The fourth-order valence-electron chi connectivity index (χ4n) is 3.62. The van der Waals surface area contributed by atoms with Crippen LogP contribution in [0.4, 0.5) is 10.6 Å². The molecule has 1 N–H and O–H groups in total. The van der Waals surface area contributed by atoms with Crippen molar-refractivity contribution < 1.29 is 14.3 Å². The van der Waals surface area contributed by atoms with Crippen LogP contribution in [0.25, 0.3) is 10.8 Å². The Morgan fingerprint density at radius 3 is 2.48 bits per heavy atom. The van der Waals surface area contributed by atoms with E-state index in [9.17, 15) is 9.59 Å². The number of halogens is 1. The second-order valence-corrected chi connectivity index (χ2v) is 9.56. The van der Waals surface area contributed by atoms with Crippen molar-refractivity contribution in [3.8, 4) is 0 Å².